The fourth-order valence-electron chi connectivity index (χ4n) is 2.68. The van der Waals surface area contributed by atoms with Crippen LogP contribution in [0.3, 0.4) is 0 Å². The number of hydrogen-bond acceptors (Lipinski definition) is 6. The third-order valence-corrected chi connectivity index (χ3v) is 4.41. The number of aliphatic hydroxyl groups is 1. The molecule has 0 saturated carbocycles. The summed E-state index contributed by atoms with van der Waals surface area (Å²) in [6.07, 6.45) is 3.51. The van der Waals surface area contributed by atoms with Crippen molar-refractivity contribution in [3.8, 4) is 11.3 Å². The Morgan fingerprint density at radius 2 is 1.89 bits per heavy atom. The van der Waals surface area contributed by atoms with Crippen molar-refractivity contribution in [2.45, 2.75) is 26.8 Å². The summed E-state index contributed by atoms with van der Waals surface area (Å²) in [5.41, 5.74) is 3.78. The number of benzene rings is 1. The van der Waals surface area contributed by atoms with Gasteiger partial charge in [-0.05, 0) is 36.6 Å². The van der Waals surface area contributed by atoms with Gasteiger partial charge in [0.15, 0.2) is 0 Å². The second kappa shape index (κ2) is 8.60. The van der Waals surface area contributed by atoms with Gasteiger partial charge in [-0.3, -0.25) is 4.98 Å². The molecule has 0 fully saturated rings. The largest absolute Gasteiger partial charge is 0.394 e. The van der Waals surface area contributed by atoms with Crippen LogP contribution in [-0.4, -0.2) is 32.7 Å². The minimum Gasteiger partial charge on any atom is -0.394 e. The third kappa shape index (κ3) is 4.80. The molecule has 140 valence electrons. The van der Waals surface area contributed by atoms with Gasteiger partial charge < -0.3 is 15.7 Å². The van der Waals surface area contributed by atoms with Gasteiger partial charge in [0, 0.05) is 29.7 Å². The zero-order valence-corrected chi connectivity index (χ0v) is 15.8. The van der Waals surface area contributed by atoms with Crippen LogP contribution in [0.4, 0.5) is 17.5 Å². The van der Waals surface area contributed by atoms with Gasteiger partial charge in [-0.25, -0.2) is 4.98 Å². The molecule has 0 amide bonds. The molecule has 0 aliphatic carbocycles. The molecular weight excluding hydrogens is 338 g/mol. The highest BCUT2D eigenvalue weighted by atomic mass is 16.3. The van der Waals surface area contributed by atoms with Gasteiger partial charge in [-0.1, -0.05) is 32.0 Å². The van der Waals surface area contributed by atoms with E-state index in [9.17, 15) is 5.11 Å². The minimum atomic E-state index is -0.125. The standard InChI is InChI=1S/C21H25N5O/c1-14(2)19(13-27)25-21-24-18(16-8-6-10-22-12-16)11-20(26-21)23-17-9-5-4-7-15(17)3/h4-12,14,19,27H,13H2,1-3H3,(H2,23,24,25,26)/t19-/m0/s1. The van der Waals surface area contributed by atoms with Crippen molar-refractivity contribution in [1.29, 1.82) is 0 Å². The summed E-state index contributed by atoms with van der Waals surface area (Å²) in [6, 6.07) is 13.7. The fourth-order valence-corrected chi connectivity index (χ4v) is 2.68. The molecule has 1 atom stereocenters. The highest BCUT2D eigenvalue weighted by Gasteiger charge is 2.15. The molecule has 3 N–H and O–H groups in total. The molecule has 0 bridgehead atoms. The van der Waals surface area contributed by atoms with Gasteiger partial charge >= 0.3 is 0 Å². The van der Waals surface area contributed by atoms with Crippen molar-refractivity contribution in [1.82, 2.24) is 15.0 Å². The number of aromatic nitrogens is 3. The van der Waals surface area contributed by atoms with E-state index in [4.69, 9.17) is 0 Å². The van der Waals surface area contributed by atoms with Gasteiger partial charge in [0.2, 0.25) is 5.95 Å². The molecule has 0 aliphatic heterocycles. The number of aliphatic hydroxyl groups excluding tert-OH is 1. The molecule has 0 spiro atoms. The van der Waals surface area contributed by atoms with Gasteiger partial charge in [0.05, 0.1) is 18.3 Å². The number of hydrogen-bond donors (Lipinski definition) is 3. The molecule has 6 nitrogen and oxygen atoms in total. The van der Waals surface area contributed by atoms with Gasteiger partial charge in [-0.2, -0.15) is 4.98 Å². The molecule has 27 heavy (non-hydrogen) atoms. The molecule has 3 rings (SSSR count). The van der Waals surface area contributed by atoms with E-state index < -0.39 is 0 Å². The van der Waals surface area contributed by atoms with Crippen molar-refractivity contribution < 1.29 is 5.11 Å². The van der Waals surface area contributed by atoms with E-state index in [-0.39, 0.29) is 18.6 Å². The Bertz CT molecular complexity index is 883. The number of anilines is 3. The maximum atomic E-state index is 9.64. The van der Waals surface area contributed by atoms with Crippen LogP contribution in [0, 0.1) is 12.8 Å². The first-order valence-corrected chi connectivity index (χ1v) is 9.06. The van der Waals surface area contributed by atoms with E-state index >= 15 is 0 Å². The number of nitrogens with zero attached hydrogens (tertiary/aromatic N) is 3. The lowest BCUT2D eigenvalue weighted by Gasteiger charge is -2.21. The predicted molar refractivity (Wildman–Crippen MR) is 109 cm³/mol. The molecule has 3 aromatic rings. The Kier molecular flexibility index (Phi) is 5.98. The third-order valence-electron chi connectivity index (χ3n) is 4.41. The van der Waals surface area contributed by atoms with Crippen molar-refractivity contribution in [2.75, 3.05) is 17.2 Å². The van der Waals surface area contributed by atoms with Crippen LogP contribution >= 0.6 is 0 Å². The normalized spacial score (nSPS) is 12.0. The van der Waals surface area contributed by atoms with Crippen LogP contribution in [0.5, 0.6) is 0 Å². The summed E-state index contributed by atoms with van der Waals surface area (Å²) < 4.78 is 0. The van der Waals surface area contributed by atoms with E-state index in [0.29, 0.717) is 11.8 Å². The Morgan fingerprint density at radius 1 is 1.07 bits per heavy atom. The Balaban J connectivity index is 1.99. The van der Waals surface area contributed by atoms with Crippen molar-refractivity contribution >= 4 is 17.5 Å². The second-order valence-electron chi connectivity index (χ2n) is 6.82. The monoisotopic (exact) mass is 363 g/mol. The minimum absolute atomic E-state index is 0.0126. The zero-order chi connectivity index (χ0) is 19.2. The number of para-hydroxylation sites is 1. The Labute approximate surface area is 159 Å². The molecule has 2 heterocycles. The number of aryl methyl sites for hydroxylation is 1. The summed E-state index contributed by atoms with van der Waals surface area (Å²) >= 11 is 0. The maximum Gasteiger partial charge on any atom is 0.225 e. The average Bonchev–Trinajstić information content (AvgIpc) is 2.68. The molecule has 0 aliphatic rings. The molecule has 2 aromatic heterocycles. The zero-order valence-electron chi connectivity index (χ0n) is 15.8. The van der Waals surface area contributed by atoms with Crippen LogP contribution in [0.25, 0.3) is 11.3 Å². The van der Waals surface area contributed by atoms with Crippen LogP contribution in [-0.2, 0) is 0 Å². The molecule has 0 radical (unpaired) electrons. The summed E-state index contributed by atoms with van der Waals surface area (Å²) in [5.74, 6) is 1.40. The van der Waals surface area contributed by atoms with Crippen LogP contribution in [0.2, 0.25) is 0 Å². The van der Waals surface area contributed by atoms with Gasteiger partial charge in [-0.15, -0.1) is 0 Å². The van der Waals surface area contributed by atoms with E-state index in [2.05, 4.69) is 25.6 Å². The lowest BCUT2D eigenvalue weighted by molar-refractivity contribution is 0.248. The molecule has 1 aromatic carbocycles. The Morgan fingerprint density at radius 3 is 2.56 bits per heavy atom. The average molecular weight is 363 g/mol. The fraction of sp³-hybridized carbons (Fsp3) is 0.286. The summed E-state index contributed by atoms with van der Waals surface area (Å²) in [4.78, 5) is 13.4. The lowest BCUT2D eigenvalue weighted by atomic mass is 10.1. The summed E-state index contributed by atoms with van der Waals surface area (Å²) in [7, 11) is 0. The molecule has 0 saturated heterocycles. The maximum absolute atomic E-state index is 9.64. The van der Waals surface area contributed by atoms with Crippen LogP contribution in [0.1, 0.15) is 19.4 Å². The quantitative estimate of drug-likeness (QED) is 0.588. The van der Waals surface area contributed by atoms with Crippen molar-refractivity contribution in [3.05, 3.63) is 60.4 Å². The van der Waals surface area contributed by atoms with Crippen molar-refractivity contribution in [2.24, 2.45) is 5.92 Å². The van der Waals surface area contributed by atoms with Crippen LogP contribution < -0.4 is 10.6 Å². The lowest BCUT2D eigenvalue weighted by Crippen LogP contribution is -2.30. The number of pyridine rings is 1. The molecule has 0 unspecified atom stereocenters. The second-order valence-corrected chi connectivity index (χ2v) is 6.82. The summed E-state index contributed by atoms with van der Waals surface area (Å²) in [5, 5.41) is 16.3. The van der Waals surface area contributed by atoms with E-state index in [1.807, 2.05) is 63.2 Å². The van der Waals surface area contributed by atoms with E-state index in [1.165, 1.54) is 0 Å². The highest BCUT2D eigenvalue weighted by molar-refractivity contribution is 5.68. The first-order chi connectivity index (χ1) is 13.1. The predicted octanol–water partition coefficient (Wildman–Crippen LogP) is 4.02. The van der Waals surface area contributed by atoms with E-state index in [1.54, 1.807) is 12.4 Å². The van der Waals surface area contributed by atoms with E-state index in [0.717, 1.165) is 22.5 Å². The smallest absolute Gasteiger partial charge is 0.225 e. The number of rotatable bonds is 7. The highest BCUT2D eigenvalue weighted by Crippen LogP contribution is 2.25. The van der Waals surface area contributed by atoms with Gasteiger partial charge in [0.1, 0.15) is 5.82 Å². The topological polar surface area (TPSA) is 83.0 Å². The number of nitrogens with one attached hydrogen (secondary N) is 2. The van der Waals surface area contributed by atoms with Crippen LogP contribution in [0.15, 0.2) is 54.9 Å². The SMILES string of the molecule is Cc1ccccc1Nc1cc(-c2cccnc2)nc(N[C@@H](CO)C(C)C)n1. The Hall–Kier alpha value is -2.99. The van der Waals surface area contributed by atoms with Crippen molar-refractivity contribution in [3.63, 3.8) is 0 Å². The first-order valence-electron chi connectivity index (χ1n) is 9.06. The molecular formula is C21H25N5O. The molecule has 6 heteroatoms. The first kappa shape index (κ1) is 18.8. The van der Waals surface area contributed by atoms with Gasteiger partial charge in [0.25, 0.3) is 0 Å². The summed E-state index contributed by atoms with van der Waals surface area (Å²) in [6.45, 7) is 6.15.